The van der Waals surface area contributed by atoms with Crippen LogP contribution < -0.4 is 10.4 Å². The van der Waals surface area contributed by atoms with Gasteiger partial charge in [0.2, 0.25) is 0 Å². The van der Waals surface area contributed by atoms with E-state index in [1.54, 1.807) is 18.2 Å². The average molecular weight is 348 g/mol. The van der Waals surface area contributed by atoms with E-state index in [0.29, 0.717) is 24.2 Å². The van der Waals surface area contributed by atoms with Crippen LogP contribution in [0.15, 0.2) is 27.4 Å². The van der Waals surface area contributed by atoms with Crippen molar-refractivity contribution in [3.05, 3.63) is 40.2 Å². The second-order valence-corrected chi connectivity index (χ2v) is 6.56. The molecule has 1 aromatic carbocycles. The first-order valence-electron chi connectivity index (χ1n) is 9.55. The molecule has 0 aliphatic heterocycles. The first kappa shape index (κ1) is 19.5. The molecule has 0 spiro atoms. The molecule has 3 nitrogen and oxygen atoms in total. The average Bonchev–Trinajstić information content (AvgIpc) is 2.60. The van der Waals surface area contributed by atoms with Crippen LogP contribution in [-0.2, 0) is 6.42 Å². The number of ether oxygens (including phenoxy) is 1. The van der Waals surface area contributed by atoms with E-state index in [1.165, 1.54) is 25.7 Å². The van der Waals surface area contributed by atoms with E-state index in [0.717, 1.165) is 25.7 Å². The second-order valence-electron chi connectivity index (χ2n) is 6.56. The Bertz CT molecular complexity index is 721. The topological polar surface area (TPSA) is 39.4 Å². The Kier molecular flexibility index (Phi) is 7.96. The lowest BCUT2D eigenvalue weighted by Crippen LogP contribution is -2.07. The lowest BCUT2D eigenvalue weighted by Gasteiger charge is -2.09. The molecule has 0 bridgehead atoms. The smallest absolute Gasteiger partial charge is 0.346 e. The summed E-state index contributed by atoms with van der Waals surface area (Å²) in [7, 11) is 0. The van der Waals surface area contributed by atoms with Crippen LogP contribution in [0.5, 0.6) is 5.75 Å². The van der Waals surface area contributed by atoms with Gasteiger partial charge in [-0.3, -0.25) is 0 Å². The summed E-state index contributed by atoms with van der Waals surface area (Å²) in [6.07, 6.45) is 9.53. The summed E-state index contributed by atoms with van der Waals surface area (Å²) in [5, 5.41) is 0.562. The minimum Gasteiger partial charge on any atom is -0.490 e. The van der Waals surface area contributed by atoms with E-state index in [2.05, 4.69) is 13.8 Å². The predicted molar refractivity (Wildman–Crippen MR) is 99.9 cm³/mol. The highest BCUT2D eigenvalue weighted by molar-refractivity contribution is 5.83. The predicted octanol–water partition coefficient (Wildman–Crippen LogP) is 6.01. The fraction of sp³-hybridized carbons (Fsp3) is 0.571. The third kappa shape index (κ3) is 5.58. The van der Waals surface area contributed by atoms with E-state index in [9.17, 15) is 9.18 Å². The highest BCUT2D eigenvalue weighted by Crippen LogP contribution is 2.25. The molecule has 138 valence electrons. The van der Waals surface area contributed by atoms with Crippen LogP contribution in [0.25, 0.3) is 10.8 Å². The summed E-state index contributed by atoms with van der Waals surface area (Å²) in [6, 6.07) is 5.10. The molecule has 0 fully saturated rings. The summed E-state index contributed by atoms with van der Waals surface area (Å²) >= 11 is 0. The fourth-order valence-electron chi connectivity index (χ4n) is 2.92. The van der Waals surface area contributed by atoms with Crippen molar-refractivity contribution in [2.75, 3.05) is 6.61 Å². The summed E-state index contributed by atoms with van der Waals surface area (Å²) in [5.74, 6) is 0.133. The molecule has 1 aromatic heterocycles. The molecule has 0 amide bonds. The third-order valence-electron chi connectivity index (χ3n) is 4.42. The highest BCUT2D eigenvalue weighted by Gasteiger charge is 2.14. The number of aryl methyl sites for hydroxylation is 1. The van der Waals surface area contributed by atoms with Crippen molar-refractivity contribution in [2.24, 2.45) is 0 Å². The van der Waals surface area contributed by atoms with E-state index >= 15 is 0 Å². The van der Waals surface area contributed by atoms with Gasteiger partial charge in [-0.15, -0.1) is 0 Å². The molecule has 4 heteroatoms. The molecular weight excluding hydrogens is 319 g/mol. The van der Waals surface area contributed by atoms with E-state index < -0.39 is 11.4 Å². The zero-order chi connectivity index (χ0) is 18.1. The second kappa shape index (κ2) is 10.2. The van der Waals surface area contributed by atoms with Crippen LogP contribution >= 0.6 is 0 Å². The summed E-state index contributed by atoms with van der Waals surface area (Å²) in [5.41, 5.74) is -0.619. The Hall–Kier alpha value is -1.84. The van der Waals surface area contributed by atoms with Crippen LogP contribution in [0.2, 0.25) is 0 Å². The van der Waals surface area contributed by atoms with Gasteiger partial charge in [0, 0.05) is 6.42 Å². The third-order valence-corrected chi connectivity index (χ3v) is 4.42. The first-order valence-corrected chi connectivity index (χ1v) is 9.55. The van der Waals surface area contributed by atoms with Crippen LogP contribution in [0.3, 0.4) is 0 Å². The van der Waals surface area contributed by atoms with Crippen molar-refractivity contribution < 1.29 is 13.5 Å². The van der Waals surface area contributed by atoms with Crippen molar-refractivity contribution in [1.29, 1.82) is 0 Å². The Morgan fingerprint density at radius 1 is 1.00 bits per heavy atom. The molecule has 1 heterocycles. The Labute approximate surface area is 149 Å². The molecular formula is C21H29FO3. The minimum absolute atomic E-state index is 0.0132. The van der Waals surface area contributed by atoms with E-state index in [1.807, 2.05) is 0 Å². The van der Waals surface area contributed by atoms with Gasteiger partial charge in [-0.2, -0.15) is 0 Å². The van der Waals surface area contributed by atoms with Crippen LogP contribution in [0.4, 0.5) is 4.39 Å². The number of unbranched alkanes of at least 4 members (excludes halogenated alkanes) is 6. The highest BCUT2D eigenvalue weighted by atomic mass is 19.1. The van der Waals surface area contributed by atoms with Gasteiger partial charge in [-0.25, -0.2) is 9.18 Å². The number of fused-ring (bicyclic) bond motifs is 1. The maximum Gasteiger partial charge on any atom is 0.346 e. The van der Waals surface area contributed by atoms with Gasteiger partial charge in [0.05, 0.1) is 6.61 Å². The van der Waals surface area contributed by atoms with Gasteiger partial charge in [0.1, 0.15) is 11.1 Å². The number of hydrogen-bond acceptors (Lipinski definition) is 3. The molecule has 2 rings (SSSR count). The lowest BCUT2D eigenvalue weighted by atomic mass is 10.1. The van der Waals surface area contributed by atoms with E-state index in [-0.39, 0.29) is 11.1 Å². The fourth-order valence-corrected chi connectivity index (χ4v) is 2.92. The quantitative estimate of drug-likeness (QED) is 0.467. The molecule has 0 aliphatic carbocycles. The lowest BCUT2D eigenvalue weighted by molar-refractivity contribution is 0.291. The monoisotopic (exact) mass is 348 g/mol. The maximum absolute atomic E-state index is 14.6. The number of rotatable bonds is 11. The molecule has 0 aliphatic rings. The zero-order valence-electron chi connectivity index (χ0n) is 15.4. The molecule has 0 saturated heterocycles. The van der Waals surface area contributed by atoms with Crippen molar-refractivity contribution in [2.45, 2.75) is 71.6 Å². The van der Waals surface area contributed by atoms with Gasteiger partial charge in [0.15, 0.2) is 11.6 Å². The number of hydrogen-bond donors (Lipinski definition) is 0. The van der Waals surface area contributed by atoms with Gasteiger partial charge in [0.25, 0.3) is 0 Å². The standard InChI is InChI=1S/C21H29FO3/c1-3-5-7-8-9-10-14-24-18-13-12-16-15-17(11-6-4-2)25-21(23)19(16)20(18)22/h12-13,15H,3-11,14H2,1-2H3. The van der Waals surface area contributed by atoms with Gasteiger partial charge >= 0.3 is 5.63 Å². The molecule has 0 unspecified atom stereocenters. The molecule has 2 aromatic rings. The summed E-state index contributed by atoms with van der Waals surface area (Å²) in [4.78, 5) is 12.2. The SMILES string of the molecule is CCCCCCCCOc1ccc2cc(CCCC)oc(=O)c2c1F. The van der Waals surface area contributed by atoms with E-state index in [4.69, 9.17) is 9.15 Å². The molecule has 0 saturated carbocycles. The summed E-state index contributed by atoms with van der Waals surface area (Å²) in [6.45, 7) is 4.73. The molecule has 0 atom stereocenters. The van der Waals surface area contributed by atoms with Crippen molar-refractivity contribution >= 4 is 10.8 Å². The Morgan fingerprint density at radius 2 is 1.72 bits per heavy atom. The zero-order valence-corrected chi connectivity index (χ0v) is 15.4. The van der Waals surface area contributed by atoms with Crippen LogP contribution in [0.1, 0.15) is 71.0 Å². The molecule has 25 heavy (non-hydrogen) atoms. The van der Waals surface area contributed by atoms with Crippen LogP contribution in [0, 0.1) is 5.82 Å². The number of benzene rings is 1. The number of halogens is 1. The van der Waals surface area contributed by atoms with Gasteiger partial charge < -0.3 is 9.15 Å². The van der Waals surface area contributed by atoms with Crippen LogP contribution in [-0.4, -0.2) is 6.61 Å². The Morgan fingerprint density at radius 3 is 2.48 bits per heavy atom. The minimum atomic E-state index is -0.619. The maximum atomic E-state index is 14.6. The first-order chi connectivity index (χ1) is 12.2. The van der Waals surface area contributed by atoms with Gasteiger partial charge in [-0.05, 0) is 30.4 Å². The van der Waals surface area contributed by atoms with Crippen molar-refractivity contribution in [3.63, 3.8) is 0 Å². The Balaban J connectivity index is 2.01. The largest absolute Gasteiger partial charge is 0.490 e. The summed E-state index contributed by atoms with van der Waals surface area (Å²) < 4.78 is 25.4. The van der Waals surface area contributed by atoms with Gasteiger partial charge in [-0.1, -0.05) is 58.4 Å². The van der Waals surface area contributed by atoms with Crippen molar-refractivity contribution in [1.82, 2.24) is 0 Å². The normalized spacial score (nSPS) is 11.2. The molecule has 0 N–H and O–H groups in total. The van der Waals surface area contributed by atoms with Crippen molar-refractivity contribution in [3.8, 4) is 5.75 Å². The molecule has 0 radical (unpaired) electrons.